The molecule has 0 radical (unpaired) electrons. The molecule has 0 bridgehead atoms. The molecule has 4 heteroatoms. The molecule has 294 valence electrons. The third kappa shape index (κ3) is 4.59. The molecule has 3 aromatic heterocycles. The highest BCUT2D eigenvalue weighted by Gasteiger charge is 2.39. The normalized spacial score (nSPS) is 13.4. The average Bonchev–Trinajstić information content (AvgIpc) is 3.94. The van der Waals surface area contributed by atoms with Gasteiger partial charge in [0.2, 0.25) is 0 Å². The molecule has 3 heterocycles. The van der Waals surface area contributed by atoms with Crippen LogP contribution in [0.25, 0.3) is 121 Å². The molecule has 13 aromatic rings. The largest absolute Gasteiger partial charge is 0.309 e. The predicted octanol–water partition coefficient (Wildman–Crippen LogP) is 15.3. The summed E-state index contributed by atoms with van der Waals surface area (Å²) in [6.07, 6.45) is 0. The maximum Gasteiger partial charge on any atom is 0.165 e. The summed E-state index contributed by atoms with van der Waals surface area (Å²) in [6.45, 7) is 4.58. The minimum Gasteiger partial charge on any atom is -0.309 e. The summed E-state index contributed by atoms with van der Waals surface area (Å²) in [7, 11) is 0. The van der Waals surface area contributed by atoms with Crippen LogP contribution in [0, 0.1) is 0 Å². The molecule has 0 spiro atoms. The number of hydrogen-bond donors (Lipinski definition) is 0. The van der Waals surface area contributed by atoms with E-state index in [1.54, 1.807) is 0 Å². The van der Waals surface area contributed by atoms with Crippen molar-refractivity contribution in [3.8, 4) is 34.0 Å². The summed E-state index contributed by atoms with van der Waals surface area (Å²) in [6, 6.07) is 70.9. The van der Waals surface area contributed by atoms with E-state index in [1.807, 2.05) is 0 Å². The molecule has 0 atom stereocenters. The highest BCUT2D eigenvalue weighted by atomic mass is 15.1. The number of hydrogen-bond acceptors (Lipinski definition) is 2. The topological polar surface area (TPSA) is 35.6 Å². The zero-order valence-corrected chi connectivity index (χ0v) is 34.8. The summed E-state index contributed by atoms with van der Waals surface area (Å²) < 4.78 is 4.80. The molecule has 10 aromatic carbocycles. The van der Waals surface area contributed by atoms with Crippen molar-refractivity contribution in [1.29, 1.82) is 0 Å². The number of aromatic nitrogens is 4. The smallest absolute Gasteiger partial charge is 0.165 e. The Morgan fingerprint density at radius 2 is 0.968 bits per heavy atom. The van der Waals surface area contributed by atoms with Crippen LogP contribution in [0.4, 0.5) is 0 Å². The van der Waals surface area contributed by atoms with E-state index in [2.05, 4.69) is 217 Å². The molecule has 4 nitrogen and oxygen atoms in total. The fourth-order valence-corrected chi connectivity index (χ4v) is 11.2. The van der Waals surface area contributed by atoms with Crippen LogP contribution in [-0.4, -0.2) is 19.1 Å². The molecular formula is C59H38N4. The fourth-order valence-electron chi connectivity index (χ4n) is 11.2. The zero-order valence-electron chi connectivity index (χ0n) is 34.8. The Hall–Kier alpha value is -8.08. The SMILES string of the molecule is CC1(C)c2ccccc2-c2nc(-n3c4ccc5ccccc5c4c4c5c6ccccc6c6ccccc6c5ccc43)c(-c3ccc4c(c3)c3ccccc3n4-c3ccccc3)nc21. The maximum absolute atomic E-state index is 5.87. The van der Waals surface area contributed by atoms with Gasteiger partial charge < -0.3 is 4.57 Å². The van der Waals surface area contributed by atoms with Crippen LogP contribution in [0.3, 0.4) is 0 Å². The first-order chi connectivity index (χ1) is 31.0. The van der Waals surface area contributed by atoms with Crippen molar-refractivity contribution in [2.24, 2.45) is 0 Å². The van der Waals surface area contributed by atoms with E-state index in [1.165, 1.54) is 75.7 Å². The second kappa shape index (κ2) is 12.5. The van der Waals surface area contributed by atoms with E-state index < -0.39 is 0 Å². The molecular weight excluding hydrogens is 765 g/mol. The number of rotatable bonds is 3. The highest BCUT2D eigenvalue weighted by molar-refractivity contribution is 6.38. The summed E-state index contributed by atoms with van der Waals surface area (Å²) in [5.41, 5.74) is 11.6. The molecule has 0 N–H and O–H groups in total. The van der Waals surface area contributed by atoms with Crippen molar-refractivity contribution in [2.45, 2.75) is 19.3 Å². The van der Waals surface area contributed by atoms with Gasteiger partial charge in [0.05, 0.1) is 33.5 Å². The van der Waals surface area contributed by atoms with Crippen LogP contribution in [0.5, 0.6) is 0 Å². The Kier molecular flexibility index (Phi) is 6.87. The molecule has 0 fully saturated rings. The Labute approximate surface area is 362 Å². The van der Waals surface area contributed by atoms with E-state index in [-0.39, 0.29) is 5.41 Å². The lowest BCUT2D eigenvalue weighted by atomic mass is 9.85. The van der Waals surface area contributed by atoms with E-state index in [9.17, 15) is 0 Å². The molecule has 0 saturated heterocycles. The second-order valence-electron chi connectivity index (χ2n) is 17.7. The number of benzene rings is 10. The van der Waals surface area contributed by atoms with E-state index in [4.69, 9.17) is 9.97 Å². The van der Waals surface area contributed by atoms with Crippen LogP contribution in [0.15, 0.2) is 194 Å². The first kappa shape index (κ1) is 34.6. The molecule has 0 amide bonds. The first-order valence-corrected chi connectivity index (χ1v) is 21.8. The van der Waals surface area contributed by atoms with Crippen LogP contribution in [0.1, 0.15) is 25.1 Å². The summed E-state index contributed by atoms with van der Waals surface area (Å²) in [5.74, 6) is 0.826. The summed E-state index contributed by atoms with van der Waals surface area (Å²) in [5, 5.41) is 14.8. The standard InChI is InChI=1S/C59H38N4/c1-59(2)47-26-14-12-25-45(47)56-57(59)60-55(36-29-31-49-46(34-36)42-23-13-15-27-48(42)62(49)37-17-4-3-5-18-37)58(61-56)63-50-32-28-35-16-6-7-19-38(35)53(50)54-51(63)33-30-44-41-22-9-8-20-39(41)40-21-10-11-24-43(40)52(44)54/h3-34H,1-2H3. The van der Waals surface area contributed by atoms with Gasteiger partial charge in [0.15, 0.2) is 5.82 Å². The van der Waals surface area contributed by atoms with Gasteiger partial charge in [-0.2, -0.15) is 0 Å². The maximum atomic E-state index is 5.87. The van der Waals surface area contributed by atoms with E-state index >= 15 is 0 Å². The first-order valence-electron chi connectivity index (χ1n) is 21.8. The highest BCUT2D eigenvalue weighted by Crippen LogP contribution is 2.50. The number of nitrogens with zero attached hydrogens (tertiary/aromatic N) is 4. The molecule has 0 unspecified atom stereocenters. The predicted molar refractivity (Wildman–Crippen MR) is 264 cm³/mol. The second-order valence-corrected chi connectivity index (χ2v) is 17.7. The van der Waals surface area contributed by atoms with Gasteiger partial charge in [-0.15, -0.1) is 0 Å². The van der Waals surface area contributed by atoms with Gasteiger partial charge >= 0.3 is 0 Å². The van der Waals surface area contributed by atoms with Gasteiger partial charge in [-0.1, -0.05) is 166 Å². The van der Waals surface area contributed by atoms with Gasteiger partial charge in [0.1, 0.15) is 5.69 Å². The Balaban J connectivity index is 1.16. The Bertz CT molecular complexity index is 4080. The molecule has 0 saturated carbocycles. The van der Waals surface area contributed by atoms with Crippen molar-refractivity contribution in [2.75, 3.05) is 0 Å². The van der Waals surface area contributed by atoms with Gasteiger partial charge in [-0.25, -0.2) is 9.97 Å². The van der Waals surface area contributed by atoms with Crippen LogP contribution < -0.4 is 0 Å². The molecule has 14 rings (SSSR count). The molecule has 63 heavy (non-hydrogen) atoms. The van der Waals surface area contributed by atoms with Crippen molar-refractivity contribution in [1.82, 2.24) is 19.1 Å². The lowest BCUT2D eigenvalue weighted by Crippen LogP contribution is -2.18. The van der Waals surface area contributed by atoms with Gasteiger partial charge in [0, 0.05) is 49.2 Å². The lowest BCUT2D eigenvalue weighted by molar-refractivity contribution is 0.635. The number of para-hydroxylation sites is 2. The van der Waals surface area contributed by atoms with Gasteiger partial charge in [-0.05, 0) is 85.7 Å². The average molecular weight is 803 g/mol. The summed E-state index contributed by atoms with van der Waals surface area (Å²) in [4.78, 5) is 11.7. The van der Waals surface area contributed by atoms with Crippen molar-refractivity contribution in [3.63, 3.8) is 0 Å². The van der Waals surface area contributed by atoms with E-state index in [0.717, 1.165) is 56.3 Å². The number of fused-ring (bicyclic) bond motifs is 18. The minimum absolute atomic E-state index is 0.340. The quantitative estimate of drug-likeness (QED) is 0.167. The fraction of sp³-hybridized carbons (Fsp3) is 0.0508. The van der Waals surface area contributed by atoms with E-state index in [0.29, 0.717) is 0 Å². The van der Waals surface area contributed by atoms with Gasteiger partial charge in [0.25, 0.3) is 0 Å². The molecule has 1 aliphatic rings. The lowest BCUT2D eigenvalue weighted by Gasteiger charge is -2.21. The summed E-state index contributed by atoms with van der Waals surface area (Å²) >= 11 is 0. The van der Waals surface area contributed by atoms with Crippen LogP contribution >= 0.6 is 0 Å². The van der Waals surface area contributed by atoms with Crippen LogP contribution in [0.2, 0.25) is 0 Å². The van der Waals surface area contributed by atoms with Gasteiger partial charge in [-0.3, -0.25) is 4.57 Å². The van der Waals surface area contributed by atoms with Crippen molar-refractivity contribution < 1.29 is 0 Å². The third-order valence-electron chi connectivity index (χ3n) is 14.0. The monoisotopic (exact) mass is 802 g/mol. The zero-order chi connectivity index (χ0) is 41.6. The Morgan fingerprint density at radius 1 is 0.381 bits per heavy atom. The molecule has 0 aliphatic heterocycles. The van der Waals surface area contributed by atoms with Crippen LogP contribution in [-0.2, 0) is 5.41 Å². The minimum atomic E-state index is -0.340. The van der Waals surface area contributed by atoms with Crippen molar-refractivity contribution in [3.05, 3.63) is 205 Å². The molecule has 1 aliphatic carbocycles. The third-order valence-corrected chi connectivity index (χ3v) is 14.0. The Morgan fingerprint density at radius 3 is 1.78 bits per heavy atom. The van der Waals surface area contributed by atoms with Crippen molar-refractivity contribution >= 4 is 86.7 Å².